The number of hydrogen-bond acceptors (Lipinski definition) is 4. The number of hydrazone groups is 1. The highest BCUT2D eigenvalue weighted by Gasteiger charge is 2.49. The molecular weight excluding hydrogens is 405 g/mol. The maximum atomic E-state index is 14.2. The molecule has 5 rings (SSSR count). The second kappa shape index (κ2) is 8.34. The van der Waals surface area contributed by atoms with Crippen molar-refractivity contribution in [1.82, 2.24) is 9.99 Å². The van der Waals surface area contributed by atoms with Gasteiger partial charge in [0.05, 0.1) is 22.9 Å². The van der Waals surface area contributed by atoms with Crippen molar-refractivity contribution in [2.75, 3.05) is 0 Å². The highest BCUT2D eigenvalue weighted by atomic mass is 19.1. The number of hydrogen-bond donors (Lipinski definition) is 1. The van der Waals surface area contributed by atoms with Gasteiger partial charge in [-0.15, -0.1) is 0 Å². The first kappa shape index (κ1) is 20.6. The lowest BCUT2D eigenvalue weighted by atomic mass is 9.77. The van der Waals surface area contributed by atoms with E-state index in [1.54, 1.807) is 29.5 Å². The molecule has 1 aromatic carbocycles. The average Bonchev–Trinajstić information content (AvgIpc) is 3.49. The summed E-state index contributed by atoms with van der Waals surface area (Å²) in [5.41, 5.74) is 2.51. The number of carbonyl (C=O) groups is 1. The number of allylic oxidation sites excluding steroid dienone is 2. The molecule has 0 bridgehead atoms. The quantitative estimate of drug-likeness (QED) is 0.724. The Morgan fingerprint density at radius 3 is 2.62 bits per heavy atom. The van der Waals surface area contributed by atoms with Crippen LogP contribution in [0, 0.1) is 5.82 Å². The smallest absolute Gasteiger partial charge is 0.253 e. The van der Waals surface area contributed by atoms with Gasteiger partial charge in [-0.2, -0.15) is 5.10 Å². The average molecular weight is 432 g/mol. The van der Waals surface area contributed by atoms with Gasteiger partial charge in [0.1, 0.15) is 5.82 Å². The third-order valence-electron chi connectivity index (χ3n) is 6.91. The van der Waals surface area contributed by atoms with E-state index in [1.807, 2.05) is 24.3 Å². The van der Waals surface area contributed by atoms with Gasteiger partial charge in [0, 0.05) is 36.4 Å². The third kappa shape index (κ3) is 3.53. The predicted molar refractivity (Wildman–Crippen MR) is 121 cm³/mol. The fourth-order valence-electron chi connectivity index (χ4n) is 5.21. The molecule has 1 aliphatic heterocycles. The summed E-state index contributed by atoms with van der Waals surface area (Å²) in [5, 5.41) is 17.0. The van der Waals surface area contributed by atoms with Crippen molar-refractivity contribution in [1.29, 1.82) is 0 Å². The molecule has 32 heavy (non-hydrogen) atoms. The number of amides is 1. The molecule has 5 nitrogen and oxygen atoms in total. The Morgan fingerprint density at radius 2 is 1.94 bits per heavy atom. The monoisotopic (exact) mass is 431 g/mol. The Labute approximate surface area is 187 Å². The van der Waals surface area contributed by atoms with Crippen molar-refractivity contribution in [2.45, 2.75) is 56.4 Å². The minimum Gasteiger partial charge on any atom is -0.512 e. The van der Waals surface area contributed by atoms with Crippen LogP contribution in [0.4, 0.5) is 4.39 Å². The number of halogens is 1. The van der Waals surface area contributed by atoms with Crippen LogP contribution in [0.1, 0.15) is 56.1 Å². The van der Waals surface area contributed by atoms with E-state index in [1.165, 1.54) is 12.1 Å². The van der Waals surface area contributed by atoms with Crippen LogP contribution in [-0.4, -0.2) is 32.8 Å². The van der Waals surface area contributed by atoms with E-state index in [4.69, 9.17) is 5.10 Å². The van der Waals surface area contributed by atoms with E-state index in [-0.39, 0.29) is 17.8 Å². The van der Waals surface area contributed by atoms with Crippen molar-refractivity contribution in [3.05, 3.63) is 89.2 Å². The third-order valence-corrected chi connectivity index (χ3v) is 6.91. The maximum absolute atomic E-state index is 14.2. The fraction of sp³-hybridized carbons (Fsp3) is 0.346. The van der Waals surface area contributed by atoms with Crippen LogP contribution in [0.25, 0.3) is 0 Å². The van der Waals surface area contributed by atoms with Gasteiger partial charge in [-0.3, -0.25) is 9.78 Å². The topological polar surface area (TPSA) is 65.8 Å². The molecule has 2 aromatic rings. The van der Waals surface area contributed by atoms with Crippen LogP contribution in [0.2, 0.25) is 0 Å². The molecule has 1 amide bonds. The molecule has 1 aromatic heterocycles. The minimum absolute atomic E-state index is 0.0789. The standard InChI is InChI=1S/C26H26FN3O2/c27-20-11-9-19(10-12-20)26(13-3-4-14-26)25(32)30-23(21-7-1-2-8-24(21)31)16-22(29-30)18-6-5-15-28-17-18/h1,5-7,9-12,15,17,23,31H,2-4,8,13-14,16H2. The van der Waals surface area contributed by atoms with Crippen molar-refractivity contribution in [3.8, 4) is 0 Å². The fourth-order valence-corrected chi connectivity index (χ4v) is 5.21. The molecule has 2 heterocycles. The van der Waals surface area contributed by atoms with Crippen LogP contribution in [-0.2, 0) is 10.2 Å². The van der Waals surface area contributed by atoms with Crippen LogP contribution in [0.15, 0.2) is 77.4 Å². The molecule has 1 atom stereocenters. The van der Waals surface area contributed by atoms with E-state index in [0.29, 0.717) is 31.4 Å². The van der Waals surface area contributed by atoms with Crippen molar-refractivity contribution < 1.29 is 14.3 Å². The van der Waals surface area contributed by atoms with Gasteiger partial charge < -0.3 is 5.11 Å². The molecule has 0 spiro atoms. The Morgan fingerprint density at radius 1 is 1.16 bits per heavy atom. The van der Waals surface area contributed by atoms with E-state index < -0.39 is 5.41 Å². The van der Waals surface area contributed by atoms with Crippen molar-refractivity contribution in [2.24, 2.45) is 5.10 Å². The largest absolute Gasteiger partial charge is 0.512 e. The number of nitrogens with zero attached hydrogens (tertiary/aromatic N) is 3. The highest BCUT2D eigenvalue weighted by molar-refractivity contribution is 6.04. The Bertz CT molecular complexity index is 1100. The summed E-state index contributed by atoms with van der Waals surface area (Å²) >= 11 is 0. The highest BCUT2D eigenvalue weighted by Crippen LogP contribution is 2.45. The molecule has 1 N–H and O–H groups in total. The second-order valence-electron chi connectivity index (χ2n) is 8.80. The van der Waals surface area contributed by atoms with Gasteiger partial charge in [0.15, 0.2) is 0 Å². The molecule has 0 saturated heterocycles. The number of pyridine rings is 1. The summed E-state index contributed by atoms with van der Waals surface area (Å²) in [4.78, 5) is 18.4. The van der Waals surface area contributed by atoms with Gasteiger partial charge in [-0.25, -0.2) is 9.40 Å². The van der Waals surface area contributed by atoms with Crippen LogP contribution >= 0.6 is 0 Å². The van der Waals surface area contributed by atoms with Crippen LogP contribution < -0.4 is 0 Å². The SMILES string of the molecule is O=C(N1N=C(c2cccnc2)CC1C1=C(O)CCC=C1)C1(c2ccc(F)cc2)CCCC1. The van der Waals surface area contributed by atoms with Crippen molar-refractivity contribution >= 4 is 11.6 Å². The molecular formula is C26H26FN3O2. The zero-order valence-corrected chi connectivity index (χ0v) is 17.9. The molecule has 3 aliphatic rings. The first-order valence-electron chi connectivity index (χ1n) is 11.2. The normalized spacial score (nSPS) is 22.3. The molecule has 164 valence electrons. The van der Waals surface area contributed by atoms with Gasteiger partial charge in [0.2, 0.25) is 0 Å². The minimum atomic E-state index is -0.728. The Hall–Kier alpha value is -3.28. The van der Waals surface area contributed by atoms with E-state index in [2.05, 4.69) is 4.98 Å². The first-order chi connectivity index (χ1) is 15.6. The first-order valence-corrected chi connectivity index (χ1v) is 11.2. The lowest BCUT2D eigenvalue weighted by molar-refractivity contribution is -0.138. The maximum Gasteiger partial charge on any atom is 0.253 e. The van der Waals surface area contributed by atoms with Gasteiger partial charge in [-0.05, 0) is 43.0 Å². The van der Waals surface area contributed by atoms with Crippen LogP contribution in [0.3, 0.4) is 0 Å². The number of aliphatic hydroxyl groups excluding tert-OH is 1. The molecule has 1 fully saturated rings. The van der Waals surface area contributed by atoms with Crippen LogP contribution in [0.5, 0.6) is 0 Å². The second-order valence-corrected chi connectivity index (χ2v) is 8.80. The molecule has 1 saturated carbocycles. The zero-order chi connectivity index (χ0) is 22.1. The van der Waals surface area contributed by atoms with Gasteiger partial charge in [-0.1, -0.05) is 43.2 Å². The summed E-state index contributed by atoms with van der Waals surface area (Å²) < 4.78 is 13.6. The summed E-state index contributed by atoms with van der Waals surface area (Å²) in [6.45, 7) is 0. The van der Waals surface area contributed by atoms with Gasteiger partial charge >= 0.3 is 0 Å². The number of carbonyl (C=O) groups excluding carboxylic acids is 1. The van der Waals surface area contributed by atoms with E-state index in [9.17, 15) is 14.3 Å². The lowest BCUT2D eigenvalue weighted by Crippen LogP contribution is -2.46. The molecule has 0 radical (unpaired) electrons. The number of aromatic nitrogens is 1. The summed E-state index contributed by atoms with van der Waals surface area (Å²) in [5.74, 6) is -0.0716. The molecule has 2 aliphatic carbocycles. The summed E-state index contributed by atoms with van der Waals surface area (Å²) in [6.07, 6.45) is 12.6. The molecule has 6 heteroatoms. The summed E-state index contributed by atoms with van der Waals surface area (Å²) in [6, 6.07) is 9.73. The number of benzene rings is 1. The number of aliphatic hydroxyl groups is 1. The Kier molecular flexibility index (Phi) is 5.37. The van der Waals surface area contributed by atoms with E-state index >= 15 is 0 Å². The van der Waals surface area contributed by atoms with E-state index in [0.717, 1.165) is 41.7 Å². The van der Waals surface area contributed by atoms with Gasteiger partial charge in [0.25, 0.3) is 5.91 Å². The number of rotatable bonds is 4. The summed E-state index contributed by atoms with van der Waals surface area (Å²) in [7, 11) is 0. The lowest BCUT2D eigenvalue weighted by Gasteiger charge is -2.34. The molecule has 1 unspecified atom stereocenters. The zero-order valence-electron chi connectivity index (χ0n) is 17.9. The van der Waals surface area contributed by atoms with Crippen molar-refractivity contribution in [3.63, 3.8) is 0 Å². The Balaban J connectivity index is 1.58. The predicted octanol–water partition coefficient (Wildman–Crippen LogP) is 5.20.